The lowest BCUT2D eigenvalue weighted by Crippen LogP contribution is -2.34. The van der Waals surface area contributed by atoms with Gasteiger partial charge in [0.15, 0.2) is 0 Å². The van der Waals surface area contributed by atoms with Gasteiger partial charge in [0.1, 0.15) is 0 Å². The van der Waals surface area contributed by atoms with Crippen LogP contribution in [-0.2, 0) is 0 Å². The van der Waals surface area contributed by atoms with Crippen LogP contribution in [0.15, 0.2) is 54.6 Å². The van der Waals surface area contributed by atoms with Crippen molar-refractivity contribution in [1.82, 2.24) is 5.32 Å². The lowest BCUT2D eigenvalue weighted by molar-refractivity contribution is 0.247. The summed E-state index contributed by atoms with van der Waals surface area (Å²) in [5.74, 6) is 0. The monoisotopic (exact) mass is 240 g/mol. The lowest BCUT2D eigenvalue weighted by Gasteiger charge is -2.20. The van der Waals surface area contributed by atoms with Crippen molar-refractivity contribution in [1.29, 1.82) is 0 Å². The number of hydrogen-bond donors (Lipinski definition) is 2. The summed E-state index contributed by atoms with van der Waals surface area (Å²) in [7, 11) is 0. The predicted molar refractivity (Wildman–Crippen MR) is 72.2 cm³/mol. The quantitative estimate of drug-likeness (QED) is 0.851. The largest absolute Gasteiger partial charge is 0.352 e. The summed E-state index contributed by atoms with van der Waals surface area (Å²) in [5, 5.41) is 2.79. The van der Waals surface area contributed by atoms with Crippen LogP contribution in [0.3, 0.4) is 0 Å². The minimum atomic E-state index is -0.521. The predicted octanol–water partition coefficient (Wildman–Crippen LogP) is 2.75. The molecule has 2 rings (SSSR count). The third kappa shape index (κ3) is 2.69. The van der Waals surface area contributed by atoms with Crippen LogP contribution in [0.4, 0.5) is 4.79 Å². The van der Waals surface area contributed by atoms with Crippen molar-refractivity contribution >= 4 is 6.03 Å². The Labute approximate surface area is 107 Å². The van der Waals surface area contributed by atoms with Crippen LogP contribution in [0, 0.1) is 6.92 Å². The van der Waals surface area contributed by atoms with E-state index in [2.05, 4.69) is 5.32 Å². The molecular formula is C15H16N2O. The molecule has 0 saturated carbocycles. The average molecular weight is 240 g/mol. The Kier molecular flexibility index (Phi) is 3.63. The van der Waals surface area contributed by atoms with Gasteiger partial charge in [0.25, 0.3) is 0 Å². The molecule has 0 saturated heterocycles. The van der Waals surface area contributed by atoms with Gasteiger partial charge in [0.2, 0.25) is 0 Å². The van der Waals surface area contributed by atoms with E-state index in [1.54, 1.807) is 0 Å². The van der Waals surface area contributed by atoms with Gasteiger partial charge in [-0.3, -0.25) is 0 Å². The second-order valence-electron chi connectivity index (χ2n) is 4.21. The summed E-state index contributed by atoms with van der Waals surface area (Å²) < 4.78 is 0. The maximum absolute atomic E-state index is 11.2. The molecule has 3 heteroatoms. The molecular weight excluding hydrogens is 224 g/mol. The van der Waals surface area contributed by atoms with Gasteiger partial charge in [-0.15, -0.1) is 0 Å². The van der Waals surface area contributed by atoms with Crippen LogP contribution in [0.5, 0.6) is 0 Å². The first-order valence-corrected chi connectivity index (χ1v) is 5.85. The maximum Gasteiger partial charge on any atom is 0.312 e. The summed E-state index contributed by atoms with van der Waals surface area (Å²) in [6, 6.07) is 17.0. The SMILES string of the molecule is Cc1ccccc1[C@@H](NC(N)=O)c1ccccc1. The zero-order valence-electron chi connectivity index (χ0n) is 10.3. The van der Waals surface area contributed by atoms with E-state index < -0.39 is 6.03 Å². The fraction of sp³-hybridized carbons (Fsp3) is 0.133. The van der Waals surface area contributed by atoms with Crippen LogP contribution in [0.2, 0.25) is 0 Å². The van der Waals surface area contributed by atoms with Crippen LogP contribution in [-0.4, -0.2) is 6.03 Å². The number of benzene rings is 2. The molecule has 2 aromatic carbocycles. The summed E-state index contributed by atoms with van der Waals surface area (Å²) in [5.41, 5.74) is 8.47. The number of primary amides is 1. The highest BCUT2D eigenvalue weighted by Crippen LogP contribution is 2.24. The van der Waals surface area contributed by atoms with Crippen LogP contribution < -0.4 is 11.1 Å². The Morgan fingerprint density at radius 2 is 1.67 bits per heavy atom. The molecule has 0 aromatic heterocycles. The molecule has 18 heavy (non-hydrogen) atoms. The summed E-state index contributed by atoms with van der Waals surface area (Å²) >= 11 is 0. The standard InChI is InChI=1S/C15H16N2O/c1-11-7-5-6-10-13(11)14(17-15(16)18)12-8-3-2-4-9-12/h2-10,14H,1H3,(H3,16,17,18)/t14-/m0/s1. The number of nitrogens with one attached hydrogen (secondary N) is 1. The summed E-state index contributed by atoms with van der Waals surface area (Å²) in [4.78, 5) is 11.2. The van der Waals surface area contributed by atoms with E-state index in [-0.39, 0.29) is 6.04 Å². The first-order valence-electron chi connectivity index (χ1n) is 5.85. The third-order valence-electron chi connectivity index (χ3n) is 2.92. The minimum absolute atomic E-state index is 0.204. The highest BCUT2D eigenvalue weighted by molar-refractivity contribution is 5.73. The molecule has 3 nitrogen and oxygen atoms in total. The van der Waals surface area contributed by atoms with Crippen LogP contribution in [0.25, 0.3) is 0 Å². The Bertz CT molecular complexity index is 537. The molecule has 1 atom stereocenters. The smallest absolute Gasteiger partial charge is 0.312 e. The minimum Gasteiger partial charge on any atom is -0.352 e. The number of hydrogen-bond acceptors (Lipinski definition) is 1. The van der Waals surface area contributed by atoms with Gasteiger partial charge in [-0.05, 0) is 23.6 Å². The van der Waals surface area contributed by atoms with Gasteiger partial charge in [0, 0.05) is 0 Å². The van der Waals surface area contributed by atoms with Crippen molar-refractivity contribution in [3.05, 3.63) is 71.3 Å². The van der Waals surface area contributed by atoms with Gasteiger partial charge in [-0.25, -0.2) is 4.79 Å². The normalized spacial score (nSPS) is 11.8. The number of nitrogens with two attached hydrogens (primary N) is 1. The first-order chi connectivity index (χ1) is 8.68. The van der Waals surface area contributed by atoms with Crippen molar-refractivity contribution in [3.8, 4) is 0 Å². The van der Waals surface area contributed by atoms with E-state index in [9.17, 15) is 4.79 Å². The zero-order chi connectivity index (χ0) is 13.0. The molecule has 0 heterocycles. The van der Waals surface area contributed by atoms with Gasteiger partial charge in [-0.1, -0.05) is 54.6 Å². The van der Waals surface area contributed by atoms with Crippen molar-refractivity contribution in [2.75, 3.05) is 0 Å². The number of urea groups is 1. The third-order valence-corrected chi connectivity index (χ3v) is 2.92. The van der Waals surface area contributed by atoms with Crippen molar-refractivity contribution in [3.63, 3.8) is 0 Å². The average Bonchev–Trinajstić information content (AvgIpc) is 2.38. The molecule has 0 bridgehead atoms. The van der Waals surface area contributed by atoms with Gasteiger partial charge >= 0.3 is 6.03 Å². The second kappa shape index (κ2) is 5.36. The van der Waals surface area contributed by atoms with E-state index in [1.165, 1.54) is 0 Å². The summed E-state index contributed by atoms with van der Waals surface area (Å²) in [6.07, 6.45) is 0. The molecule has 0 spiro atoms. The number of amides is 2. The van der Waals surface area contributed by atoms with E-state index >= 15 is 0 Å². The Balaban J connectivity index is 2.44. The molecule has 0 unspecified atom stereocenters. The van der Waals surface area contributed by atoms with E-state index in [0.717, 1.165) is 16.7 Å². The van der Waals surface area contributed by atoms with E-state index in [4.69, 9.17) is 5.73 Å². The number of carbonyl (C=O) groups excluding carboxylic acids is 1. The number of carbonyl (C=O) groups is 1. The fourth-order valence-corrected chi connectivity index (χ4v) is 2.04. The van der Waals surface area contributed by atoms with Gasteiger partial charge in [0.05, 0.1) is 6.04 Å². The first kappa shape index (κ1) is 12.2. The highest BCUT2D eigenvalue weighted by Gasteiger charge is 2.16. The highest BCUT2D eigenvalue weighted by atomic mass is 16.2. The Morgan fingerprint density at radius 3 is 2.28 bits per heavy atom. The van der Waals surface area contributed by atoms with Crippen LogP contribution in [0.1, 0.15) is 22.7 Å². The molecule has 0 fully saturated rings. The molecule has 92 valence electrons. The van der Waals surface area contributed by atoms with Gasteiger partial charge < -0.3 is 11.1 Å². The molecule has 0 aliphatic heterocycles. The molecule has 0 aliphatic rings. The molecule has 0 radical (unpaired) electrons. The topological polar surface area (TPSA) is 55.1 Å². The molecule has 2 aromatic rings. The molecule has 3 N–H and O–H groups in total. The van der Waals surface area contributed by atoms with Crippen molar-refractivity contribution in [2.45, 2.75) is 13.0 Å². The lowest BCUT2D eigenvalue weighted by atomic mass is 9.95. The zero-order valence-corrected chi connectivity index (χ0v) is 10.3. The van der Waals surface area contributed by atoms with Crippen LogP contribution >= 0.6 is 0 Å². The van der Waals surface area contributed by atoms with Gasteiger partial charge in [-0.2, -0.15) is 0 Å². The van der Waals surface area contributed by atoms with Crippen molar-refractivity contribution in [2.24, 2.45) is 5.73 Å². The Morgan fingerprint density at radius 1 is 1.06 bits per heavy atom. The second-order valence-corrected chi connectivity index (χ2v) is 4.21. The molecule has 2 amide bonds. The fourth-order valence-electron chi connectivity index (χ4n) is 2.04. The Hall–Kier alpha value is -2.29. The number of rotatable bonds is 3. The number of aryl methyl sites for hydroxylation is 1. The maximum atomic E-state index is 11.2. The van der Waals surface area contributed by atoms with Crippen molar-refractivity contribution < 1.29 is 4.79 Å². The summed E-state index contributed by atoms with van der Waals surface area (Å²) in [6.45, 7) is 2.02. The van der Waals surface area contributed by atoms with E-state index in [0.29, 0.717) is 0 Å². The van der Waals surface area contributed by atoms with E-state index in [1.807, 2.05) is 61.5 Å². The molecule has 0 aliphatic carbocycles.